The molecule has 2 aliphatic rings. The molecule has 0 bridgehead atoms. The van der Waals surface area contributed by atoms with Crippen LogP contribution in [0.25, 0.3) is 11.1 Å². The third-order valence-corrected chi connectivity index (χ3v) is 17.2. The Kier molecular flexibility index (Phi) is 12.4. The van der Waals surface area contributed by atoms with Crippen molar-refractivity contribution in [3.63, 3.8) is 0 Å². The Hall–Kier alpha value is -2.31. The van der Waals surface area contributed by atoms with Gasteiger partial charge in [0.05, 0.1) is 0 Å². The number of allylic oxidation sites excluding steroid dienone is 4. The van der Waals surface area contributed by atoms with E-state index in [0.29, 0.717) is 0 Å². The summed E-state index contributed by atoms with van der Waals surface area (Å²) in [5.74, 6) is 0. The summed E-state index contributed by atoms with van der Waals surface area (Å²) < 4.78 is 5.04. The molecule has 6 rings (SSSR count). The maximum absolute atomic E-state index is 2.63. The summed E-state index contributed by atoms with van der Waals surface area (Å²) in [5, 5.41) is 0. The van der Waals surface area contributed by atoms with Crippen LogP contribution in [0.2, 0.25) is 0 Å². The molecule has 0 amide bonds. The van der Waals surface area contributed by atoms with Crippen molar-refractivity contribution in [2.45, 2.75) is 79.1 Å². The quantitative estimate of drug-likeness (QED) is 0.208. The van der Waals surface area contributed by atoms with Crippen LogP contribution in [0.5, 0.6) is 0 Å². The van der Waals surface area contributed by atoms with Crippen LogP contribution in [-0.4, -0.2) is 3.21 Å². The molecule has 0 spiro atoms. The van der Waals surface area contributed by atoms with Crippen LogP contribution in [0.15, 0.2) is 100 Å². The van der Waals surface area contributed by atoms with E-state index < -0.39 is 21.3 Å². The minimum absolute atomic E-state index is 0. The summed E-state index contributed by atoms with van der Waals surface area (Å²) in [6, 6.07) is 31.3. The van der Waals surface area contributed by atoms with E-state index in [1.807, 2.05) is 0 Å². The van der Waals surface area contributed by atoms with Gasteiger partial charge < -0.3 is 24.8 Å². The van der Waals surface area contributed by atoms with Gasteiger partial charge in [-0.05, 0) is 0 Å². The summed E-state index contributed by atoms with van der Waals surface area (Å²) >= 11 is -2.63. The number of halogens is 2. The molecule has 0 N–H and O–H groups in total. The van der Waals surface area contributed by atoms with Gasteiger partial charge in [0.1, 0.15) is 0 Å². The van der Waals surface area contributed by atoms with Crippen molar-refractivity contribution in [3.05, 3.63) is 145 Å². The first-order valence-corrected chi connectivity index (χ1v) is 19.8. The molecular weight excluding hydrogens is 655 g/mol. The molecule has 0 fully saturated rings. The second-order valence-electron chi connectivity index (χ2n) is 12.3. The summed E-state index contributed by atoms with van der Waals surface area (Å²) in [7, 11) is 0. The Balaban J connectivity index is 0.00000221. The van der Waals surface area contributed by atoms with Crippen molar-refractivity contribution < 1.29 is 46.1 Å². The maximum Gasteiger partial charge on any atom is -1.00 e. The van der Waals surface area contributed by atoms with E-state index in [9.17, 15) is 0 Å². The van der Waals surface area contributed by atoms with Gasteiger partial charge in [-0.2, -0.15) is 0 Å². The SMILES string of the molecule is CCCCc1ccc([C](c2ccc(CCCC)cc2)=[Zr+2]([C]2=CC=CC2)[c]2c(C)ccc3c2Cc2cc(C)ccc2-3)cc1.[Cl-].[Cl-]. The van der Waals surface area contributed by atoms with Gasteiger partial charge in [-0.1, -0.05) is 0 Å². The zero-order valence-electron chi connectivity index (χ0n) is 26.7. The predicted molar refractivity (Wildman–Crippen MR) is 179 cm³/mol. The number of rotatable bonds is 10. The van der Waals surface area contributed by atoms with Gasteiger partial charge in [-0.3, -0.25) is 0 Å². The second kappa shape index (κ2) is 15.8. The van der Waals surface area contributed by atoms with E-state index in [-0.39, 0.29) is 24.8 Å². The maximum atomic E-state index is 2.48. The van der Waals surface area contributed by atoms with Crippen molar-refractivity contribution in [2.24, 2.45) is 0 Å². The minimum atomic E-state index is -2.63. The van der Waals surface area contributed by atoms with Crippen LogP contribution in [0.3, 0.4) is 0 Å². The van der Waals surface area contributed by atoms with Gasteiger partial charge in [-0.15, -0.1) is 0 Å². The second-order valence-corrected chi connectivity index (χ2v) is 18.2. The molecule has 0 saturated carbocycles. The fourth-order valence-electron chi connectivity index (χ4n) is 6.84. The summed E-state index contributed by atoms with van der Waals surface area (Å²) in [6.45, 7) is 9.18. The molecule has 0 radical (unpaired) electrons. The smallest absolute Gasteiger partial charge is 1.00 e. The summed E-state index contributed by atoms with van der Waals surface area (Å²) in [5.41, 5.74) is 14.7. The number of aryl methyl sites for hydroxylation is 4. The molecule has 0 atom stereocenters. The Morgan fingerprint density at radius 3 is 1.84 bits per heavy atom. The average Bonchev–Trinajstić information content (AvgIpc) is 3.67. The fourth-order valence-corrected chi connectivity index (χ4v) is 15.2. The third-order valence-electron chi connectivity index (χ3n) is 9.15. The topological polar surface area (TPSA) is 0 Å². The number of fused-ring (bicyclic) bond motifs is 3. The van der Waals surface area contributed by atoms with E-state index in [2.05, 4.69) is 125 Å². The molecule has 0 aliphatic heterocycles. The van der Waals surface area contributed by atoms with Crippen LogP contribution in [0, 0.1) is 13.8 Å². The Morgan fingerprint density at radius 2 is 1.30 bits per heavy atom. The zero-order valence-corrected chi connectivity index (χ0v) is 30.6. The largest absolute Gasteiger partial charge is 1.00 e. The molecule has 4 aromatic rings. The van der Waals surface area contributed by atoms with Crippen LogP contribution in [0.1, 0.15) is 90.5 Å². The number of hydrogen-bond acceptors (Lipinski definition) is 0. The third kappa shape index (κ3) is 7.22. The molecule has 2 aliphatic carbocycles. The number of unbranched alkanes of at least 4 members (excludes halogenated alkanes) is 2. The van der Waals surface area contributed by atoms with Gasteiger partial charge in [0.2, 0.25) is 0 Å². The normalized spacial score (nSPS) is 12.4. The van der Waals surface area contributed by atoms with Crippen LogP contribution < -0.4 is 28.1 Å². The Labute approximate surface area is 285 Å². The first kappa shape index (κ1) is 34.6. The molecule has 3 heteroatoms. The standard InChI is InChI=1S/C21H26.C15H13.C5H5.2ClH.Zr/c1-3-5-7-18-9-13-20(14-10-18)17-21-15-11-19(12-16-21)8-6-4-2;1-10-3-5-14-12(7-10)9-13-8-11(2)4-6-15(13)14;1-2-4-5-3-1;;;/h9-16H,3-8H2,1-2H3;3-7H,9H2,1-2H3;1-3H,4H2;2*1H;/q;;;;;+2/p-2. The fraction of sp³-hybridized carbons (Fsp3) is 0.293. The zero-order chi connectivity index (χ0) is 29.1. The first-order chi connectivity index (χ1) is 20.6. The van der Waals surface area contributed by atoms with Crippen LogP contribution in [-0.2, 0) is 40.5 Å². The van der Waals surface area contributed by atoms with E-state index >= 15 is 0 Å². The van der Waals surface area contributed by atoms with Gasteiger partial charge in [0, 0.05) is 0 Å². The van der Waals surface area contributed by atoms with Gasteiger partial charge in [-0.25, -0.2) is 0 Å². The van der Waals surface area contributed by atoms with E-state index in [1.165, 1.54) is 88.6 Å². The Bertz CT molecular complexity index is 1630. The van der Waals surface area contributed by atoms with Crippen LogP contribution >= 0.6 is 0 Å². The van der Waals surface area contributed by atoms with E-state index in [0.717, 1.165) is 12.8 Å². The first-order valence-electron chi connectivity index (χ1n) is 16.1. The van der Waals surface area contributed by atoms with Gasteiger partial charge >= 0.3 is 263 Å². The monoisotopic (exact) mass is 696 g/mol. The molecular formula is C41H44Cl2Zr. The molecule has 0 aromatic heterocycles. The summed E-state index contributed by atoms with van der Waals surface area (Å²) in [6.07, 6.45) is 16.6. The molecule has 0 unspecified atom stereocenters. The number of hydrogen-bond donors (Lipinski definition) is 0. The van der Waals surface area contributed by atoms with Crippen molar-refractivity contribution in [2.75, 3.05) is 0 Å². The van der Waals surface area contributed by atoms with Crippen LogP contribution in [0.4, 0.5) is 0 Å². The van der Waals surface area contributed by atoms with Gasteiger partial charge in [0.25, 0.3) is 0 Å². The molecule has 4 aromatic carbocycles. The molecule has 0 saturated heterocycles. The van der Waals surface area contributed by atoms with Crippen molar-refractivity contribution in [1.29, 1.82) is 0 Å². The molecule has 0 nitrogen and oxygen atoms in total. The van der Waals surface area contributed by atoms with Crippen molar-refractivity contribution in [1.82, 2.24) is 0 Å². The Morgan fingerprint density at radius 1 is 0.705 bits per heavy atom. The number of benzene rings is 4. The molecule has 226 valence electrons. The minimum Gasteiger partial charge on any atom is -1.00 e. The average molecular weight is 699 g/mol. The van der Waals surface area contributed by atoms with E-state index in [1.54, 1.807) is 15.3 Å². The van der Waals surface area contributed by atoms with Crippen molar-refractivity contribution >= 4 is 6.48 Å². The van der Waals surface area contributed by atoms with Crippen molar-refractivity contribution in [3.8, 4) is 11.1 Å². The predicted octanol–water partition coefficient (Wildman–Crippen LogP) is 3.92. The molecule has 44 heavy (non-hydrogen) atoms. The van der Waals surface area contributed by atoms with E-state index in [4.69, 9.17) is 0 Å². The molecule has 0 heterocycles. The summed E-state index contributed by atoms with van der Waals surface area (Å²) in [4.78, 5) is 0. The van der Waals surface area contributed by atoms with Gasteiger partial charge in [0.15, 0.2) is 0 Å².